The van der Waals surface area contributed by atoms with Crippen molar-refractivity contribution >= 4 is 23.5 Å². The molecule has 2 amide bonds. The molecule has 0 spiro atoms. The molecule has 1 fully saturated rings. The van der Waals surface area contributed by atoms with E-state index in [-0.39, 0.29) is 18.4 Å². The van der Waals surface area contributed by atoms with Crippen LogP contribution in [0.25, 0.3) is 0 Å². The number of nitrogens with one attached hydrogen (secondary N) is 2. The summed E-state index contributed by atoms with van der Waals surface area (Å²) in [7, 11) is 0. The first-order valence-electron chi connectivity index (χ1n) is 10.0. The molecule has 152 valence electrons. The van der Waals surface area contributed by atoms with Crippen LogP contribution in [0.2, 0.25) is 0 Å². The van der Waals surface area contributed by atoms with Crippen molar-refractivity contribution in [2.45, 2.75) is 57.8 Å². The number of hydrogen-bond acceptors (Lipinski definition) is 4. The van der Waals surface area contributed by atoms with Crippen LogP contribution >= 0.6 is 0 Å². The SMILES string of the molecule is O=C(CCCOc1ccc2c(c1)CCC(=O)N2)NCC1(C(=O)O)CCCCC1. The lowest BCUT2D eigenvalue weighted by molar-refractivity contribution is -0.151. The molecule has 1 aliphatic heterocycles. The van der Waals surface area contributed by atoms with Crippen LogP contribution in [0.1, 0.15) is 56.9 Å². The minimum atomic E-state index is -0.806. The lowest BCUT2D eigenvalue weighted by Gasteiger charge is -2.33. The zero-order valence-electron chi connectivity index (χ0n) is 16.1. The average Bonchev–Trinajstić information content (AvgIpc) is 2.70. The molecule has 1 aliphatic carbocycles. The minimum Gasteiger partial charge on any atom is -0.494 e. The van der Waals surface area contributed by atoms with Gasteiger partial charge in [-0.3, -0.25) is 14.4 Å². The maximum Gasteiger partial charge on any atom is 0.311 e. The summed E-state index contributed by atoms with van der Waals surface area (Å²) in [6, 6.07) is 5.57. The summed E-state index contributed by atoms with van der Waals surface area (Å²) in [6.07, 6.45) is 6.17. The Labute approximate surface area is 164 Å². The standard InChI is InChI=1S/C21H28N2O5/c24-18(22-14-21(20(26)27)10-2-1-3-11-21)5-4-12-28-16-7-8-17-15(13-16)6-9-19(25)23-17/h7-8,13H,1-6,9-12,14H2,(H,22,24)(H,23,25)(H,26,27). The van der Waals surface area contributed by atoms with Gasteiger partial charge in [0.15, 0.2) is 0 Å². The molecular formula is C21H28N2O5. The second-order valence-corrected chi connectivity index (χ2v) is 7.74. The highest BCUT2D eigenvalue weighted by Crippen LogP contribution is 2.36. The maximum atomic E-state index is 12.1. The van der Waals surface area contributed by atoms with Crippen molar-refractivity contribution in [3.8, 4) is 5.75 Å². The van der Waals surface area contributed by atoms with Crippen LogP contribution in [-0.2, 0) is 20.8 Å². The van der Waals surface area contributed by atoms with E-state index in [4.69, 9.17) is 4.74 Å². The summed E-state index contributed by atoms with van der Waals surface area (Å²) in [5.74, 6) is -0.185. The summed E-state index contributed by atoms with van der Waals surface area (Å²) in [6.45, 7) is 0.612. The highest BCUT2D eigenvalue weighted by atomic mass is 16.5. The Balaban J connectivity index is 1.38. The quantitative estimate of drug-likeness (QED) is 0.594. The molecular weight excluding hydrogens is 360 g/mol. The molecule has 1 heterocycles. The van der Waals surface area contributed by atoms with E-state index in [0.29, 0.717) is 45.1 Å². The van der Waals surface area contributed by atoms with E-state index in [1.165, 1.54) is 0 Å². The molecule has 0 aromatic heterocycles. The van der Waals surface area contributed by atoms with Crippen molar-refractivity contribution < 1.29 is 24.2 Å². The topological polar surface area (TPSA) is 105 Å². The smallest absolute Gasteiger partial charge is 0.311 e. The zero-order chi connectivity index (χ0) is 20.0. The van der Waals surface area contributed by atoms with Crippen molar-refractivity contribution in [2.24, 2.45) is 5.41 Å². The van der Waals surface area contributed by atoms with Gasteiger partial charge in [0.2, 0.25) is 11.8 Å². The number of aliphatic carboxylic acids is 1. The van der Waals surface area contributed by atoms with Gasteiger partial charge in [0.1, 0.15) is 5.75 Å². The van der Waals surface area contributed by atoms with E-state index >= 15 is 0 Å². The summed E-state index contributed by atoms with van der Waals surface area (Å²) >= 11 is 0. The molecule has 1 aromatic carbocycles. The van der Waals surface area contributed by atoms with Crippen molar-refractivity contribution in [1.82, 2.24) is 5.32 Å². The number of amides is 2. The predicted molar refractivity (Wildman–Crippen MR) is 104 cm³/mol. The van der Waals surface area contributed by atoms with Gasteiger partial charge in [-0.2, -0.15) is 0 Å². The molecule has 0 radical (unpaired) electrons. The van der Waals surface area contributed by atoms with E-state index in [2.05, 4.69) is 10.6 Å². The molecule has 3 N–H and O–H groups in total. The number of carbonyl (C=O) groups excluding carboxylic acids is 2. The third-order valence-corrected chi connectivity index (χ3v) is 5.68. The molecule has 0 bridgehead atoms. The maximum absolute atomic E-state index is 12.1. The van der Waals surface area contributed by atoms with Crippen LogP contribution in [-0.4, -0.2) is 36.0 Å². The van der Waals surface area contributed by atoms with Gasteiger partial charge in [0.25, 0.3) is 0 Å². The van der Waals surface area contributed by atoms with Crippen LogP contribution in [0.4, 0.5) is 5.69 Å². The first-order chi connectivity index (χ1) is 13.5. The molecule has 3 rings (SSSR count). The number of anilines is 1. The fourth-order valence-corrected chi connectivity index (χ4v) is 3.92. The molecule has 7 heteroatoms. The molecule has 28 heavy (non-hydrogen) atoms. The lowest BCUT2D eigenvalue weighted by Crippen LogP contribution is -2.44. The van der Waals surface area contributed by atoms with Gasteiger partial charge in [0.05, 0.1) is 12.0 Å². The summed E-state index contributed by atoms with van der Waals surface area (Å²) < 4.78 is 5.72. The first-order valence-corrected chi connectivity index (χ1v) is 10.0. The van der Waals surface area contributed by atoms with Gasteiger partial charge in [-0.15, -0.1) is 0 Å². The number of carbonyl (C=O) groups is 3. The summed E-state index contributed by atoms with van der Waals surface area (Å²) in [4.78, 5) is 35.1. The number of rotatable bonds is 8. The third kappa shape index (κ3) is 5.03. The van der Waals surface area contributed by atoms with E-state index in [1.54, 1.807) is 0 Å². The molecule has 2 aliphatic rings. The van der Waals surface area contributed by atoms with Crippen molar-refractivity contribution in [3.63, 3.8) is 0 Å². The predicted octanol–water partition coefficient (Wildman–Crippen LogP) is 2.88. The van der Waals surface area contributed by atoms with Gasteiger partial charge >= 0.3 is 5.97 Å². The van der Waals surface area contributed by atoms with Gasteiger partial charge in [0, 0.05) is 25.1 Å². The van der Waals surface area contributed by atoms with Crippen LogP contribution in [0.3, 0.4) is 0 Å². The average molecular weight is 388 g/mol. The van der Waals surface area contributed by atoms with Gasteiger partial charge in [-0.1, -0.05) is 19.3 Å². The number of fused-ring (bicyclic) bond motifs is 1. The molecule has 0 atom stereocenters. The first kappa shape index (κ1) is 20.2. The number of hydrogen-bond donors (Lipinski definition) is 3. The number of aryl methyl sites for hydroxylation is 1. The van der Waals surface area contributed by atoms with Crippen molar-refractivity contribution in [1.29, 1.82) is 0 Å². The van der Waals surface area contributed by atoms with Crippen molar-refractivity contribution in [2.75, 3.05) is 18.5 Å². The number of benzene rings is 1. The molecule has 7 nitrogen and oxygen atoms in total. The fraction of sp³-hybridized carbons (Fsp3) is 0.571. The van der Waals surface area contributed by atoms with E-state index in [9.17, 15) is 19.5 Å². The van der Waals surface area contributed by atoms with Crippen LogP contribution in [0.15, 0.2) is 18.2 Å². The van der Waals surface area contributed by atoms with Gasteiger partial charge in [-0.25, -0.2) is 0 Å². The van der Waals surface area contributed by atoms with Gasteiger partial charge in [-0.05, 0) is 49.4 Å². The number of ether oxygens (including phenoxy) is 1. The van der Waals surface area contributed by atoms with Crippen LogP contribution in [0.5, 0.6) is 5.75 Å². The van der Waals surface area contributed by atoms with E-state index in [0.717, 1.165) is 36.3 Å². The largest absolute Gasteiger partial charge is 0.494 e. The Bertz CT molecular complexity index is 740. The summed E-state index contributed by atoms with van der Waals surface area (Å²) in [5.41, 5.74) is 1.09. The summed E-state index contributed by atoms with van der Waals surface area (Å²) in [5, 5.41) is 15.2. The minimum absolute atomic E-state index is 0.0325. The zero-order valence-corrected chi connectivity index (χ0v) is 16.1. The Hall–Kier alpha value is -2.57. The molecule has 1 aromatic rings. The highest BCUT2D eigenvalue weighted by molar-refractivity contribution is 5.94. The fourth-order valence-electron chi connectivity index (χ4n) is 3.92. The highest BCUT2D eigenvalue weighted by Gasteiger charge is 2.39. The normalized spacial score (nSPS) is 17.9. The van der Waals surface area contributed by atoms with Crippen LogP contribution < -0.4 is 15.4 Å². The Morgan fingerprint density at radius 2 is 1.96 bits per heavy atom. The number of carboxylic acid groups (broad SMARTS) is 1. The molecule has 0 saturated heterocycles. The van der Waals surface area contributed by atoms with Crippen LogP contribution in [0, 0.1) is 5.41 Å². The monoisotopic (exact) mass is 388 g/mol. The molecule has 0 unspecified atom stereocenters. The Kier molecular flexibility index (Phi) is 6.54. The van der Waals surface area contributed by atoms with E-state index < -0.39 is 11.4 Å². The molecule has 1 saturated carbocycles. The second-order valence-electron chi connectivity index (χ2n) is 7.74. The van der Waals surface area contributed by atoms with E-state index in [1.807, 2.05) is 18.2 Å². The lowest BCUT2D eigenvalue weighted by atomic mass is 9.74. The Morgan fingerprint density at radius 3 is 2.71 bits per heavy atom. The third-order valence-electron chi connectivity index (χ3n) is 5.68. The van der Waals surface area contributed by atoms with Crippen molar-refractivity contribution in [3.05, 3.63) is 23.8 Å². The Morgan fingerprint density at radius 1 is 1.18 bits per heavy atom. The second kappa shape index (κ2) is 9.08. The van der Waals surface area contributed by atoms with Gasteiger partial charge < -0.3 is 20.5 Å². The number of carboxylic acids is 1.